The zero-order chi connectivity index (χ0) is 10.1. The van der Waals surface area contributed by atoms with Gasteiger partial charge in [-0.15, -0.1) is 0 Å². The van der Waals surface area contributed by atoms with Crippen LogP contribution in [0, 0.1) is 6.92 Å². The molecule has 0 atom stereocenters. The zero-order valence-electron chi connectivity index (χ0n) is 8.23. The fourth-order valence-corrected chi connectivity index (χ4v) is 1.38. The summed E-state index contributed by atoms with van der Waals surface area (Å²) in [6.07, 6.45) is 5.46. The highest BCUT2D eigenvalue weighted by Crippen LogP contribution is 2.22. The fraction of sp³-hybridized carbons (Fsp3) is 0.200. The van der Waals surface area contributed by atoms with Crippen molar-refractivity contribution in [1.82, 2.24) is 14.8 Å². The predicted octanol–water partition coefficient (Wildman–Crippen LogP) is 1.37. The van der Waals surface area contributed by atoms with Crippen molar-refractivity contribution in [3.63, 3.8) is 0 Å². The first kappa shape index (κ1) is 8.74. The second-order valence-corrected chi connectivity index (χ2v) is 3.35. The van der Waals surface area contributed by atoms with Crippen molar-refractivity contribution in [2.75, 3.05) is 5.73 Å². The second-order valence-electron chi connectivity index (χ2n) is 3.35. The Morgan fingerprint density at radius 2 is 2.14 bits per heavy atom. The van der Waals surface area contributed by atoms with Gasteiger partial charge in [0.25, 0.3) is 0 Å². The third-order valence-corrected chi connectivity index (χ3v) is 2.03. The van der Waals surface area contributed by atoms with Crippen molar-refractivity contribution < 1.29 is 0 Å². The van der Waals surface area contributed by atoms with Gasteiger partial charge in [-0.2, -0.15) is 5.10 Å². The van der Waals surface area contributed by atoms with Crippen LogP contribution < -0.4 is 5.73 Å². The zero-order valence-corrected chi connectivity index (χ0v) is 8.23. The molecule has 72 valence electrons. The van der Waals surface area contributed by atoms with Crippen molar-refractivity contribution in [3.05, 3.63) is 30.2 Å². The normalized spacial score (nSPS) is 10.4. The molecule has 0 spiro atoms. The first-order valence-electron chi connectivity index (χ1n) is 4.38. The number of hydrogen-bond acceptors (Lipinski definition) is 3. The summed E-state index contributed by atoms with van der Waals surface area (Å²) in [6.45, 7) is 1.97. The van der Waals surface area contributed by atoms with Crippen LogP contribution in [0.1, 0.15) is 5.56 Å². The van der Waals surface area contributed by atoms with Gasteiger partial charge in [-0.05, 0) is 18.6 Å². The molecule has 2 aromatic rings. The Morgan fingerprint density at radius 1 is 1.36 bits per heavy atom. The van der Waals surface area contributed by atoms with E-state index in [0.29, 0.717) is 5.69 Å². The van der Waals surface area contributed by atoms with Crippen LogP contribution in [0.5, 0.6) is 0 Å². The molecule has 0 aliphatic rings. The van der Waals surface area contributed by atoms with Crippen LogP contribution in [0.3, 0.4) is 0 Å². The molecule has 14 heavy (non-hydrogen) atoms. The number of aromatic nitrogens is 3. The van der Waals surface area contributed by atoms with Gasteiger partial charge in [0.1, 0.15) is 0 Å². The molecule has 2 N–H and O–H groups in total. The number of nitrogens with two attached hydrogens (primary N) is 1. The van der Waals surface area contributed by atoms with E-state index in [-0.39, 0.29) is 0 Å². The second kappa shape index (κ2) is 3.14. The topological polar surface area (TPSA) is 56.7 Å². The van der Waals surface area contributed by atoms with Gasteiger partial charge in [0.2, 0.25) is 0 Å². The minimum atomic E-state index is 0.693. The monoisotopic (exact) mass is 188 g/mol. The van der Waals surface area contributed by atoms with Gasteiger partial charge in [-0.3, -0.25) is 9.67 Å². The quantitative estimate of drug-likeness (QED) is 0.735. The molecule has 0 bridgehead atoms. The molecule has 0 aliphatic carbocycles. The molecule has 0 unspecified atom stereocenters. The van der Waals surface area contributed by atoms with Crippen LogP contribution >= 0.6 is 0 Å². The first-order chi connectivity index (χ1) is 6.66. The first-order valence-corrected chi connectivity index (χ1v) is 4.38. The standard InChI is InChI=1S/C10H12N4/c1-7-3-9(11)10(12-4-7)8-5-13-14(2)6-8/h3-6H,11H2,1-2H3. The smallest absolute Gasteiger partial charge is 0.0962 e. The number of hydrogen-bond donors (Lipinski definition) is 1. The predicted molar refractivity (Wildman–Crippen MR) is 55.6 cm³/mol. The third-order valence-electron chi connectivity index (χ3n) is 2.03. The van der Waals surface area contributed by atoms with E-state index in [0.717, 1.165) is 16.8 Å². The van der Waals surface area contributed by atoms with E-state index in [1.165, 1.54) is 0 Å². The summed E-state index contributed by atoms with van der Waals surface area (Å²) in [4.78, 5) is 4.28. The van der Waals surface area contributed by atoms with Crippen LogP contribution in [-0.4, -0.2) is 14.8 Å². The summed E-state index contributed by atoms with van der Waals surface area (Å²) in [6, 6.07) is 1.91. The minimum absolute atomic E-state index is 0.693. The Labute approximate surface area is 82.4 Å². The van der Waals surface area contributed by atoms with Crippen molar-refractivity contribution >= 4 is 5.69 Å². The number of rotatable bonds is 1. The van der Waals surface area contributed by atoms with Crippen molar-refractivity contribution in [3.8, 4) is 11.3 Å². The van der Waals surface area contributed by atoms with Crippen LogP contribution in [-0.2, 0) is 7.05 Å². The lowest BCUT2D eigenvalue weighted by molar-refractivity contribution is 0.768. The highest BCUT2D eigenvalue weighted by molar-refractivity contribution is 5.71. The third kappa shape index (κ3) is 1.46. The van der Waals surface area contributed by atoms with Crippen LogP contribution in [0.4, 0.5) is 5.69 Å². The molecule has 0 radical (unpaired) electrons. The van der Waals surface area contributed by atoms with Crippen LogP contribution in [0.15, 0.2) is 24.7 Å². The van der Waals surface area contributed by atoms with Crippen molar-refractivity contribution in [2.45, 2.75) is 6.92 Å². The maximum atomic E-state index is 5.86. The molecule has 0 aromatic carbocycles. The summed E-state index contributed by atoms with van der Waals surface area (Å²) in [5.41, 5.74) is 9.36. The fourth-order valence-electron chi connectivity index (χ4n) is 1.38. The summed E-state index contributed by atoms with van der Waals surface area (Å²) in [5.74, 6) is 0. The summed E-state index contributed by atoms with van der Waals surface area (Å²) in [5, 5.41) is 4.08. The van der Waals surface area contributed by atoms with E-state index in [9.17, 15) is 0 Å². The minimum Gasteiger partial charge on any atom is -0.397 e. The number of nitrogens with zero attached hydrogens (tertiary/aromatic N) is 3. The maximum absolute atomic E-state index is 5.86. The van der Waals surface area contributed by atoms with E-state index in [4.69, 9.17) is 5.73 Å². The molecule has 0 amide bonds. The Hall–Kier alpha value is -1.84. The molecule has 0 saturated carbocycles. The molecular weight excluding hydrogens is 176 g/mol. The lowest BCUT2D eigenvalue weighted by Crippen LogP contribution is -1.93. The highest BCUT2D eigenvalue weighted by atomic mass is 15.2. The lowest BCUT2D eigenvalue weighted by Gasteiger charge is -2.02. The maximum Gasteiger partial charge on any atom is 0.0962 e. The Bertz CT molecular complexity index is 459. The molecule has 2 rings (SSSR count). The Morgan fingerprint density at radius 3 is 2.71 bits per heavy atom. The van der Waals surface area contributed by atoms with Gasteiger partial charge in [0.15, 0.2) is 0 Å². The molecule has 0 aliphatic heterocycles. The Kier molecular flexibility index (Phi) is 1.96. The van der Waals surface area contributed by atoms with Crippen molar-refractivity contribution in [2.24, 2.45) is 7.05 Å². The van der Waals surface area contributed by atoms with Crippen molar-refractivity contribution in [1.29, 1.82) is 0 Å². The molecule has 4 heteroatoms. The van der Waals surface area contributed by atoms with E-state index in [1.54, 1.807) is 17.1 Å². The van der Waals surface area contributed by atoms with Gasteiger partial charge in [0, 0.05) is 25.0 Å². The molecule has 0 fully saturated rings. The molecule has 2 aromatic heterocycles. The van der Waals surface area contributed by atoms with E-state index in [2.05, 4.69) is 10.1 Å². The van der Waals surface area contributed by atoms with Gasteiger partial charge in [-0.25, -0.2) is 0 Å². The number of nitrogen functional groups attached to an aromatic ring is 1. The molecule has 0 saturated heterocycles. The summed E-state index contributed by atoms with van der Waals surface area (Å²) < 4.78 is 1.73. The molecule has 2 heterocycles. The lowest BCUT2D eigenvalue weighted by atomic mass is 10.1. The van der Waals surface area contributed by atoms with Crippen LogP contribution in [0.25, 0.3) is 11.3 Å². The van der Waals surface area contributed by atoms with Gasteiger partial charge < -0.3 is 5.73 Å². The van der Waals surface area contributed by atoms with Gasteiger partial charge in [0.05, 0.1) is 17.6 Å². The summed E-state index contributed by atoms with van der Waals surface area (Å²) in [7, 11) is 1.87. The van der Waals surface area contributed by atoms with Crippen LogP contribution in [0.2, 0.25) is 0 Å². The Balaban J connectivity index is 2.52. The van der Waals surface area contributed by atoms with E-state index >= 15 is 0 Å². The number of aryl methyl sites for hydroxylation is 2. The average Bonchev–Trinajstić information content (AvgIpc) is 2.51. The highest BCUT2D eigenvalue weighted by Gasteiger charge is 2.05. The molecule has 4 nitrogen and oxygen atoms in total. The van der Waals surface area contributed by atoms with Gasteiger partial charge in [-0.1, -0.05) is 0 Å². The van der Waals surface area contributed by atoms with E-state index in [1.807, 2.05) is 26.2 Å². The largest absolute Gasteiger partial charge is 0.397 e. The summed E-state index contributed by atoms with van der Waals surface area (Å²) >= 11 is 0. The SMILES string of the molecule is Cc1cnc(-c2cnn(C)c2)c(N)c1. The number of anilines is 1. The van der Waals surface area contributed by atoms with E-state index < -0.39 is 0 Å². The molecular formula is C10H12N4. The average molecular weight is 188 g/mol. The van der Waals surface area contributed by atoms with Gasteiger partial charge >= 0.3 is 0 Å². The number of pyridine rings is 1.